The van der Waals surface area contributed by atoms with Gasteiger partial charge in [0.2, 0.25) is 0 Å². The molecule has 0 aliphatic heterocycles. The smallest absolute Gasteiger partial charge is 0.120 e. The third-order valence-corrected chi connectivity index (χ3v) is 3.80. The summed E-state index contributed by atoms with van der Waals surface area (Å²) in [4.78, 5) is 0. The van der Waals surface area contributed by atoms with Gasteiger partial charge in [-0.1, -0.05) is 40.9 Å². The molecule has 2 rings (SSSR count). The minimum atomic E-state index is -0.0973. The summed E-state index contributed by atoms with van der Waals surface area (Å²) in [5.74, 6) is 6.27. The molecule has 21 heavy (non-hydrogen) atoms. The number of benzene rings is 2. The van der Waals surface area contributed by atoms with Gasteiger partial charge in [-0.25, -0.2) is 0 Å². The quantitative estimate of drug-likeness (QED) is 0.612. The Morgan fingerprint density at radius 3 is 2.52 bits per heavy atom. The SMILES string of the molecule is NNC(COc1cccc(Cl)c1)Cc1cc(Cl)ccc1Cl. The van der Waals surface area contributed by atoms with Crippen molar-refractivity contribution in [2.24, 2.45) is 5.84 Å². The second-order valence-electron chi connectivity index (χ2n) is 4.57. The van der Waals surface area contributed by atoms with Crippen LogP contribution in [0.5, 0.6) is 5.75 Å². The summed E-state index contributed by atoms with van der Waals surface area (Å²) in [6, 6.07) is 12.5. The van der Waals surface area contributed by atoms with E-state index in [2.05, 4.69) is 5.43 Å². The van der Waals surface area contributed by atoms with Crippen LogP contribution >= 0.6 is 34.8 Å². The second-order valence-corrected chi connectivity index (χ2v) is 5.85. The van der Waals surface area contributed by atoms with Crippen molar-refractivity contribution in [1.29, 1.82) is 0 Å². The van der Waals surface area contributed by atoms with Crippen molar-refractivity contribution in [2.75, 3.05) is 6.61 Å². The Kier molecular flexibility index (Phi) is 6.15. The molecule has 0 aromatic heterocycles. The first kappa shape index (κ1) is 16.4. The van der Waals surface area contributed by atoms with Gasteiger partial charge in [0.25, 0.3) is 0 Å². The molecule has 112 valence electrons. The first-order chi connectivity index (χ1) is 10.1. The predicted octanol–water partition coefficient (Wildman–Crippen LogP) is 4.10. The summed E-state index contributed by atoms with van der Waals surface area (Å²) in [5.41, 5.74) is 3.64. The first-order valence-electron chi connectivity index (χ1n) is 6.37. The molecule has 6 heteroatoms. The molecule has 0 heterocycles. The molecule has 0 amide bonds. The number of nitrogens with one attached hydrogen (secondary N) is 1. The number of hydrazine groups is 1. The fourth-order valence-electron chi connectivity index (χ4n) is 1.88. The summed E-state index contributed by atoms with van der Waals surface area (Å²) in [6.45, 7) is 0.389. The number of hydrogen-bond donors (Lipinski definition) is 2. The zero-order chi connectivity index (χ0) is 15.2. The van der Waals surface area contributed by atoms with E-state index in [1.807, 2.05) is 18.2 Å². The Hall–Kier alpha value is -0.970. The van der Waals surface area contributed by atoms with Crippen LogP contribution in [0.2, 0.25) is 15.1 Å². The van der Waals surface area contributed by atoms with Crippen molar-refractivity contribution in [1.82, 2.24) is 5.43 Å². The highest BCUT2D eigenvalue weighted by Crippen LogP contribution is 2.22. The van der Waals surface area contributed by atoms with Crippen LogP contribution in [0, 0.1) is 0 Å². The van der Waals surface area contributed by atoms with Crippen LogP contribution < -0.4 is 16.0 Å². The van der Waals surface area contributed by atoms with Gasteiger partial charge < -0.3 is 4.74 Å². The van der Waals surface area contributed by atoms with E-state index in [1.54, 1.807) is 24.3 Å². The number of rotatable bonds is 6. The first-order valence-corrected chi connectivity index (χ1v) is 7.50. The third-order valence-electron chi connectivity index (χ3n) is 2.96. The molecule has 0 aliphatic rings. The summed E-state index contributed by atoms with van der Waals surface area (Å²) in [7, 11) is 0. The summed E-state index contributed by atoms with van der Waals surface area (Å²) >= 11 is 18.0. The lowest BCUT2D eigenvalue weighted by molar-refractivity contribution is 0.264. The molecule has 0 aliphatic carbocycles. The van der Waals surface area contributed by atoms with E-state index in [0.29, 0.717) is 33.8 Å². The largest absolute Gasteiger partial charge is 0.492 e. The minimum Gasteiger partial charge on any atom is -0.492 e. The monoisotopic (exact) mass is 344 g/mol. The lowest BCUT2D eigenvalue weighted by Crippen LogP contribution is -2.41. The van der Waals surface area contributed by atoms with Crippen LogP contribution in [0.25, 0.3) is 0 Å². The Balaban J connectivity index is 1.98. The molecule has 3 nitrogen and oxygen atoms in total. The number of hydrogen-bond acceptors (Lipinski definition) is 3. The number of ether oxygens (including phenoxy) is 1. The van der Waals surface area contributed by atoms with Crippen LogP contribution in [0.15, 0.2) is 42.5 Å². The fourth-order valence-corrected chi connectivity index (χ4v) is 2.45. The van der Waals surface area contributed by atoms with E-state index in [9.17, 15) is 0 Å². The maximum Gasteiger partial charge on any atom is 0.120 e. The molecule has 2 aromatic rings. The topological polar surface area (TPSA) is 47.3 Å². The number of halogens is 3. The van der Waals surface area contributed by atoms with Crippen molar-refractivity contribution in [3.8, 4) is 5.75 Å². The van der Waals surface area contributed by atoms with Crippen LogP contribution in [-0.4, -0.2) is 12.6 Å². The highest BCUT2D eigenvalue weighted by Gasteiger charge is 2.12. The predicted molar refractivity (Wildman–Crippen MR) is 88.2 cm³/mol. The minimum absolute atomic E-state index is 0.0973. The molecule has 3 N–H and O–H groups in total. The van der Waals surface area contributed by atoms with Crippen molar-refractivity contribution in [3.05, 3.63) is 63.1 Å². The highest BCUT2D eigenvalue weighted by molar-refractivity contribution is 6.33. The van der Waals surface area contributed by atoms with Gasteiger partial charge in [0.15, 0.2) is 0 Å². The zero-order valence-corrected chi connectivity index (χ0v) is 13.4. The number of nitrogens with two attached hydrogens (primary N) is 1. The Labute approximate surface area is 138 Å². The Morgan fingerprint density at radius 2 is 1.81 bits per heavy atom. The van der Waals surface area contributed by atoms with E-state index in [-0.39, 0.29) is 6.04 Å². The van der Waals surface area contributed by atoms with E-state index >= 15 is 0 Å². The lowest BCUT2D eigenvalue weighted by atomic mass is 10.1. The molecule has 1 unspecified atom stereocenters. The maximum atomic E-state index is 6.15. The molecule has 0 saturated heterocycles. The molecule has 0 spiro atoms. The summed E-state index contributed by atoms with van der Waals surface area (Å²) in [6.07, 6.45) is 0.608. The summed E-state index contributed by atoms with van der Waals surface area (Å²) < 4.78 is 5.68. The van der Waals surface area contributed by atoms with E-state index < -0.39 is 0 Å². The van der Waals surface area contributed by atoms with Crippen LogP contribution in [0.3, 0.4) is 0 Å². The molecular weight excluding hydrogens is 331 g/mol. The molecule has 2 aromatic carbocycles. The van der Waals surface area contributed by atoms with Gasteiger partial charge in [0, 0.05) is 15.1 Å². The van der Waals surface area contributed by atoms with E-state index in [4.69, 9.17) is 45.4 Å². The van der Waals surface area contributed by atoms with E-state index in [1.165, 1.54) is 0 Å². The van der Waals surface area contributed by atoms with Gasteiger partial charge in [-0.05, 0) is 48.4 Å². The van der Waals surface area contributed by atoms with Gasteiger partial charge >= 0.3 is 0 Å². The Bertz CT molecular complexity index is 607. The maximum absolute atomic E-state index is 6.15. The van der Waals surface area contributed by atoms with Gasteiger partial charge in [-0.2, -0.15) is 0 Å². The van der Waals surface area contributed by atoms with Crippen molar-refractivity contribution >= 4 is 34.8 Å². The second kappa shape index (κ2) is 7.87. The van der Waals surface area contributed by atoms with Gasteiger partial charge in [0.1, 0.15) is 12.4 Å². The van der Waals surface area contributed by atoms with Gasteiger partial charge in [-0.3, -0.25) is 11.3 Å². The molecule has 0 fully saturated rings. The van der Waals surface area contributed by atoms with Crippen LogP contribution in [0.4, 0.5) is 0 Å². The lowest BCUT2D eigenvalue weighted by Gasteiger charge is -2.17. The van der Waals surface area contributed by atoms with Crippen molar-refractivity contribution in [3.63, 3.8) is 0 Å². The third kappa shape index (κ3) is 5.06. The molecule has 0 saturated carbocycles. The normalized spacial score (nSPS) is 12.2. The summed E-state index contributed by atoms with van der Waals surface area (Å²) in [5, 5.41) is 1.92. The van der Waals surface area contributed by atoms with E-state index in [0.717, 1.165) is 5.56 Å². The molecule has 0 radical (unpaired) electrons. The highest BCUT2D eigenvalue weighted by atomic mass is 35.5. The molecule has 1 atom stereocenters. The average Bonchev–Trinajstić information content (AvgIpc) is 2.47. The molecule has 0 bridgehead atoms. The van der Waals surface area contributed by atoms with Gasteiger partial charge in [-0.15, -0.1) is 0 Å². The molecular formula is C15H15Cl3N2O. The van der Waals surface area contributed by atoms with Crippen LogP contribution in [0.1, 0.15) is 5.56 Å². The zero-order valence-electron chi connectivity index (χ0n) is 11.2. The average molecular weight is 346 g/mol. The standard InChI is InChI=1S/C15H15Cl3N2O/c16-11-2-1-3-14(8-11)21-9-13(20-19)7-10-6-12(17)4-5-15(10)18/h1-6,8,13,20H,7,9,19H2. The van der Waals surface area contributed by atoms with Crippen molar-refractivity contribution < 1.29 is 4.74 Å². The van der Waals surface area contributed by atoms with Crippen LogP contribution in [-0.2, 0) is 6.42 Å². The van der Waals surface area contributed by atoms with Gasteiger partial charge in [0.05, 0.1) is 6.04 Å². The fraction of sp³-hybridized carbons (Fsp3) is 0.200. The Morgan fingerprint density at radius 1 is 1.05 bits per heavy atom. The van der Waals surface area contributed by atoms with Crippen molar-refractivity contribution in [2.45, 2.75) is 12.5 Å².